The van der Waals surface area contributed by atoms with Gasteiger partial charge in [0.25, 0.3) is 5.91 Å². The predicted octanol–water partition coefficient (Wildman–Crippen LogP) is 0.183. The number of β-amino-alcohol motifs (C(OH)–C–C–N with tert-alkyl or cyclic N) is 1. The number of rotatable bonds is 4. The first kappa shape index (κ1) is 20.0. The van der Waals surface area contributed by atoms with E-state index >= 15 is 0 Å². The molecule has 3 rings (SSSR count). The number of aryl methyl sites for hydroxylation is 1. The Balaban J connectivity index is 2.05. The predicted molar refractivity (Wildman–Crippen MR) is 96.5 cm³/mol. The van der Waals surface area contributed by atoms with Gasteiger partial charge in [-0.1, -0.05) is 6.07 Å². The average Bonchev–Trinajstić information content (AvgIpc) is 2.66. The second-order valence-corrected chi connectivity index (χ2v) is 6.79. The summed E-state index contributed by atoms with van der Waals surface area (Å²) < 4.78 is 29.0. The van der Waals surface area contributed by atoms with E-state index in [2.05, 4.69) is 9.98 Å². The van der Waals surface area contributed by atoms with Gasteiger partial charge in [0.15, 0.2) is 0 Å². The van der Waals surface area contributed by atoms with Gasteiger partial charge in [0, 0.05) is 7.05 Å². The molecule has 1 saturated heterocycles. The zero-order valence-corrected chi connectivity index (χ0v) is 15.3. The summed E-state index contributed by atoms with van der Waals surface area (Å²) in [4.78, 5) is 35.3. The van der Waals surface area contributed by atoms with Crippen LogP contribution in [0.4, 0.5) is 14.5 Å². The fourth-order valence-electron chi connectivity index (χ4n) is 3.18. The van der Waals surface area contributed by atoms with E-state index in [0.29, 0.717) is 5.56 Å². The molecule has 2 N–H and O–H groups in total. The molecule has 0 saturated carbocycles. The van der Waals surface area contributed by atoms with Crippen molar-refractivity contribution in [2.24, 2.45) is 15.9 Å². The van der Waals surface area contributed by atoms with Gasteiger partial charge in [-0.25, -0.2) is 13.8 Å². The number of nitrogens with zero attached hydrogens (tertiary/aromatic N) is 4. The highest BCUT2D eigenvalue weighted by atomic mass is 19.1. The molecule has 0 aromatic heterocycles. The van der Waals surface area contributed by atoms with E-state index in [1.807, 2.05) is 0 Å². The largest absolute Gasteiger partial charge is 0.394 e. The van der Waals surface area contributed by atoms with Crippen molar-refractivity contribution in [2.45, 2.75) is 25.4 Å². The van der Waals surface area contributed by atoms with Gasteiger partial charge in [0.1, 0.15) is 17.9 Å². The first-order chi connectivity index (χ1) is 13.2. The SMILES string of the molecule is Cc1ccc(N=C2C(F)C(=O)N(C)C3N=CN(CC(O)CO)C(=O)C23)c(F)c1. The van der Waals surface area contributed by atoms with E-state index in [-0.39, 0.29) is 12.2 Å². The maximum absolute atomic E-state index is 14.8. The maximum atomic E-state index is 14.8. The van der Waals surface area contributed by atoms with Crippen LogP contribution in [0.1, 0.15) is 5.56 Å². The van der Waals surface area contributed by atoms with E-state index in [4.69, 9.17) is 5.11 Å². The maximum Gasteiger partial charge on any atom is 0.264 e. The summed E-state index contributed by atoms with van der Waals surface area (Å²) in [5.74, 6) is -3.56. The van der Waals surface area contributed by atoms with Crippen LogP contribution >= 0.6 is 0 Å². The van der Waals surface area contributed by atoms with Crippen molar-refractivity contribution in [3.05, 3.63) is 29.6 Å². The van der Waals surface area contributed by atoms with Gasteiger partial charge < -0.3 is 15.1 Å². The molecule has 2 aliphatic rings. The number of carbonyl (C=O) groups is 2. The molecule has 1 aromatic carbocycles. The highest BCUT2D eigenvalue weighted by molar-refractivity contribution is 6.20. The molecule has 0 bridgehead atoms. The molecule has 8 nitrogen and oxygen atoms in total. The molecule has 4 unspecified atom stereocenters. The van der Waals surface area contributed by atoms with Gasteiger partial charge in [0.2, 0.25) is 12.1 Å². The number of aliphatic imine (C=N–C) groups is 2. The fourth-order valence-corrected chi connectivity index (χ4v) is 3.18. The summed E-state index contributed by atoms with van der Waals surface area (Å²) in [7, 11) is 1.32. The monoisotopic (exact) mass is 394 g/mol. The number of aliphatic hydroxyl groups excluding tert-OH is 2. The van der Waals surface area contributed by atoms with Crippen LogP contribution in [0.25, 0.3) is 0 Å². The molecule has 0 aliphatic carbocycles. The number of piperidine rings is 1. The van der Waals surface area contributed by atoms with Gasteiger partial charge in [-0.15, -0.1) is 0 Å². The Morgan fingerprint density at radius 1 is 1.32 bits per heavy atom. The molecule has 1 fully saturated rings. The summed E-state index contributed by atoms with van der Waals surface area (Å²) in [6, 6.07) is 4.13. The van der Waals surface area contributed by atoms with Gasteiger partial charge in [0.05, 0.1) is 37.0 Å². The molecule has 0 spiro atoms. The van der Waals surface area contributed by atoms with Crippen LogP contribution in [0, 0.1) is 18.7 Å². The quantitative estimate of drug-likeness (QED) is 0.760. The third-order valence-electron chi connectivity index (χ3n) is 4.72. The molecule has 2 heterocycles. The van der Waals surface area contributed by atoms with E-state index in [1.165, 1.54) is 19.2 Å². The van der Waals surface area contributed by atoms with Crippen molar-refractivity contribution in [3.63, 3.8) is 0 Å². The van der Waals surface area contributed by atoms with Crippen LogP contribution in [-0.2, 0) is 9.59 Å². The number of halogens is 2. The summed E-state index contributed by atoms with van der Waals surface area (Å²) in [6.07, 6.45) is -3.34. The van der Waals surface area contributed by atoms with Crippen molar-refractivity contribution < 1.29 is 28.6 Å². The Morgan fingerprint density at radius 2 is 2.04 bits per heavy atom. The first-order valence-corrected chi connectivity index (χ1v) is 8.62. The number of carbonyl (C=O) groups excluding carboxylic acids is 2. The van der Waals surface area contributed by atoms with E-state index in [0.717, 1.165) is 16.1 Å². The van der Waals surface area contributed by atoms with Gasteiger partial charge >= 0.3 is 0 Å². The first-order valence-electron chi connectivity index (χ1n) is 8.62. The van der Waals surface area contributed by atoms with Crippen LogP contribution < -0.4 is 0 Å². The van der Waals surface area contributed by atoms with Crippen molar-refractivity contribution in [1.29, 1.82) is 0 Å². The Kier molecular flexibility index (Phi) is 5.52. The standard InChI is InChI=1S/C18H20F2N4O4/c1-9-3-4-12(11(19)5-9)22-15-13-16(23(2)18(28)14(15)20)21-8-24(17(13)27)6-10(26)7-25/h3-5,8,10,13-14,16,25-26H,6-7H2,1-2H3. The molecule has 150 valence electrons. The lowest BCUT2D eigenvalue weighted by Gasteiger charge is -2.42. The minimum absolute atomic E-state index is 0.191. The molecular weight excluding hydrogens is 374 g/mol. The molecule has 10 heteroatoms. The Hall–Kier alpha value is -2.72. The second kappa shape index (κ2) is 7.72. The Morgan fingerprint density at radius 3 is 2.68 bits per heavy atom. The number of benzene rings is 1. The number of fused-ring (bicyclic) bond motifs is 1. The second-order valence-electron chi connectivity index (χ2n) is 6.79. The zero-order valence-electron chi connectivity index (χ0n) is 15.3. The molecule has 4 atom stereocenters. The highest BCUT2D eigenvalue weighted by Crippen LogP contribution is 2.31. The minimum atomic E-state index is -2.23. The fraction of sp³-hybridized carbons (Fsp3) is 0.444. The Bertz CT molecular complexity index is 860. The normalized spacial score (nSPS) is 27.4. The van der Waals surface area contributed by atoms with Gasteiger partial charge in [-0.3, -0.25) is 19.5 Å². The lowest BCUT2D eigenvalue weighted by Crippen LogP contribution is -2.63. The number of hydrogen-bond donors (Lipinski definition) is 2. The minimum Gasteiger partial charge on any atom is -0.394 e. The van der Waals surface area contributed by atoms with Crippen LogP contribution in [-0.4, -0.2) is 82.5 Å². The van der Waals surface area contributed by atoms with E-state index < -0.39 is 54.3 Å². The third-order valence-corrected chi connectivity index (χ3v) is 4.72. The average molecular weight is 394 g/mol. The molecule has 2 aliphatic heterocycles. The summed E-state index contributed by atoms with van der Waals surface area (Å²) in [5, 5.41) is 18.6. The van der Waals surface area contributed by atoms with Crippen molar-refractivity contribution in [3.8, 4) is 0 Å². The Labute approximate surface area is 159 Å². The number of amides is 2. The number of hydrogen-bond acceptors (Lipinski definition) is 6. The van der Waals surface area contributed by atoms with Crippen molar-refractivity contribution in [2.75, 3.05) is 20.2 Å². The molecule has 1 aromatic rings. The van der Waals surface area contributed by atoms with Crippen LogP contribution in [0.5, 0.6) is 0 Å². The van der Waals surface area contributed by atoms with Gasteiger partial charge in [-0.2, -0.15) is 0 Å². The topological polar surface area (TPSA) is 106 Å². The van der Waals surface area contributed by atoms with Gasteiger partial charge in [-0.05, 0) is 24.6 Å². The summed E-state index contributed by atoms with van der Waals surface area (Å²) in [6.45, 7) is 0.838. The number of aliphatic hydroxyl groups is 2. The number of alkyl halides is 1. The third kappa shape index (κ3) is 3.52. The van der Waals surface area contributed by atoms with E-state index in [1.54, 1.807) is 13.0 Å². The van der Waals surface area contributed by atoms with Crippen molar-refractivity contribution in [1.82, 2.24) is 9.80 Å². The lowest BCUT2D eigenvalue weighted by atomic mass is 9.88. The van der Waals surface area contributed by atoms with E-state index in [9.17, 15) is 23.5 Å². The van der Waals surface area contributed by atoms with Crippen LogP contribution in [0.15, 0.2) is 28.2 Å². The number of likely N-dealkylation sites (tertiary alicyclic amines) is 1. The molecule has 2 amide bonds. The smallest absolute Gasteiger partial charge is 0.264 e. The zero-order chi connectivity index (χ0) is 20.6. The molecular formula is C18H20F2N4O4. The van der Waals surface area contributed by atoms with Crippen LogP contribution in [0.2, 0.25) is 0 Å². The van der Waals surface area contributed by atoms with Crippen LogP contribution in [0.3, 0.4) is 0 Å². The summed E-state index contributed by atoms with van der Waals surface area (Å²) >= 11 is 0. The lowest BCUT2D eigenvalue weighted by molar-refractivity contribution is -0.142. The highest BCUT2D eigenvalue weighted by Gasteiger charge is 2.51. The molecule has 0 radical (unpaired) electrons. The molecule has 28 heavy (non-hydrogen) atoms. The summed E-state index contributed by atoms with van der Waals surface area (Å²) in [5.41, 5.74) is 0.0166. The van der Waals surface area contributed by atoms with Crippen molar-refractivity contribution >= 4 is 29.6 Å².